The van der Waals surface area contributed by atoms with E-state index in [1.54, 1.807) is 0 Å². The van der Waals surface area contributed by atoms with Crippen molar-refractivity contribution >= 4 is 34.8 Å². The molecule has 0 saturated carbocycles. The molecule has 0 fully saturated rings. The second-order valence-corrected chi connectivity index (χ2v) is 9.03. The van der Waals surface area contributed by atoms with Crippen molar-refractivity contribution in [2.75, 3.05) is 19.0 Å². The number of hydrogen-bond acceptors (Lipinski definition) is 7. The molecule has 0 aliphatic carbocycles. The largest absolute Gasteiger partial charge is 0.486 e. The summed E-state index contributed by atoms with van der Waals surface area (Å²) in [6.45, 7) is 5.82. The summed E-state index contributed by atoms with van der Waals surface area (Å²) in [4.78, 5) is 29.9. The number of Topliss-reactive ketones (excluding diaryl/α,β-unsaturated/α-hetero) is 1. The highest BCUT2D eigenvalue weighted by molar-refractivity contribution is 7.99. The summed E-state index contributed by atoms with van der Waals surface area (Å²) in [6.07, 6.45) is 1.83. The zero-order chi connectivity index (χ0) is 21.8. The van der Waals surface area contributed by atoms with Gasteiger partial charge in [-0.1, -0.05) is 11.8 Å². The number of amides is 1. The highest BCUT2D eigenvalue weighted by Gasteiger charge is 2.17. The van der Waals surface area contributed by atoms with Gasteiger partial charge in [0.2, 0.25) is 5.91 Å². The van der Waals surface area contributed by atoms with Crippen molar-refractivity contribution in [2.24, 2.45) is 0 Å². The molecule has 4 rings (SSSR count). The molecule has 1 aromatic carbocycles. The summed E-state index contributed by atoms with van der Waals surface area (Å²) in [5.41, 5.74) is 1.97. The smallest absolute Gasteiger partial charge is 0.217 e. The van der Waals surface area contributed by atoms with Gasteiger partial charge in [-0.3, -0.25) is 9.59 Å². The topological polar surface area (TPSA) is 82.4 Å². The Morgan fingerprint density at radius 1 is 1.19 bits per heavy atom. The van der Waals surface area contributed by atoms with E-state index >= 15 is 0 Å². The number of benzene rings is 1. The number of ketones is 1. The predicted octanol–water partition coefficient (Wildman–Crippen LogP) is 4.01. The second kappa shape index (κ2) is 9.57. The molecular formula is C22H23N3O4S2. The first-order chi connectivity index (χ1) is 15.0. The number of thiophene rings is 1. The molecule has 0 spiro atoms. The average molecular weight is 458 g/mol. The molecule has 0 atom stereocenters. The van der Waals surface area contributed by atoms with Crippen LogP contribution in [0.2, 0.25) is 0 Å². The van der Waals surface area contributed by atoms with Crippen LogP contribution in [-0.4, -0.2) is 40.2 Å². The van der Waals surface area contributed by atoms with E-state index in [-0.39, 0.29) is 11.7 Å². The van der Waals surface area contributed by atoms with Crippen molar-refractivity contribution in [2.45, 2.75) is 32.1 Å². The Balaban J connectivity index is 1.44. The molecule has 162 valence electrons. The quantitative estimate of drug-likeness (QED) is 0.407. The Bertz CT molecular complexity index is 1110. The Morgan fingerprint density at radius 2 is 2.00 bits per heavy atom. The molecule has 2 aromatic heterocycles. The summed E-state index contributed by atoms with van der Waals surface area (Å²) in [5, 5.41) is 3.55. The first kappa shape index (κ1) is 21.5. The fourth-order valence-corrected chi connectivity index (χ4v) is 5.15. The van der Waals surface area contributed by atoms with E-state index in [0.717, 1.165) is 39.3 Å². The normalized spacial score (nSPS) is 12.6. The van der Waals surface area contributed by atoms with Crippen LogP contribution in [0.25, 0.3) is 11.3 Å². The lowest BCUT2D eigenvalue weighted by molar-refractivity contribution is -0.119. The minimum atomic E-state index is -0.0861. The number of imidazole rings is 1. The Hall–Kier alpha value is -2.78. The lowest BCUT2D eigenvalue weighted by Crippen LogP contribution is -2.18. The molecule has 7 nitrogen and oxygen atoms in total. The van der Waals surface area contributed by atoms with Crippen molar-refractivity contribution in [1.82, 2.24) is 14.9 Å². The van der Waals surface area contributed by atoms with Crippen molar-refractivity contribution < 1.29 is 19.1 Å². The number of carbonyl (C=O) groups is 2. The van der Waals surface area contributed by atoms with Gasteiger partial charge in [0.25, 0.3) is 0 Å². The number of nitrogens with one attached hydrogen (secondary N) is 1. The molecule has 1 aliphatic heterocycles. The van der Waals surface area contributed by atoms with E-state index in [4.69, 9.17) is 9.47 Å². The van der Waals surface area contributed by atoms with Crippen LogP contribution in [0.5, 0.6) is 11.5 Å². The maximum Gasteiger partial charge on any atom is 0.217 e. The van der Waals surface area contributed by atoms with E-state index in [1.807, 2.05) is 36.5 Å². The first-order valence-electron chi connectivity index (χ1n) is 10.00. The minimum absolute atomic E-state index is 0.0515. The van der Waals surface area contributed by atoms with Crippen LogP contribution in [0.3, 0.4) is 0 Å². The van der Waals surface area contributed by atoms with Crippen LogP contribution in [0.1, 0.15) is 28.4 Å². The van der Waals surface area contributed by atoms with Crippen molar-refractivity contribution in [3.05, 3.63) is 46.3 Å². The van der Waals surface area contributed by atoms with Gasteiger partial charge in [-0.25, -0.2) is 4.98 Å². The maximum atomic E-state index is 12.6. The van der Waals surface area contributed by atoms with Crippen molar-refractivity contribution in [3.63, 3.8) is 0 Å². The summed E-state index contributed by atoms with van der Waals surface area (Å²) in [5.74, 6) is 1.77. The SMILES string of the molecule is CCn1c(-c2ccc3c(c2)OCCO3)cnc1SCC(=O)c1ccc(CNC(C)=O)s1. The number of nitrogens with zero attached hydrogens (tertiary/aromatic N) is 2. The van der Waals surface area contributed by atoms with Crippen LogP contribution in [-0.2, 0) is 17.9 Å². The molecule has 31 heavy (non-hydrogen) atoms. The fourth-order valence-electron chi connectivity index (χ4n) is 3.25. The van der Waals surface area contributed by atoms with Gasteiger partial charge >= 0.3 is 0 Å². The molecule has 3 aromatic rings. The van der Waals surface area contributed by atoms with Crippen molar-refractivity contribution in [3.8, 4) is 22.8 Å². The number of fused-ring (bicyclic) bond motifs is 1. The van der Waals surface area contributed by atoms with E-state index in [2.05, 4.69) is 21.8 Å². The Morgan fingerprint density at radius 3 is 2.77 bits per heavy atom. The van der Waals surface area contributed by atoms with Crippen LogP contribution >= 0.6 is 23.1 Å². The van der Waals surface area contributed by atoms with E-state index in [9.17, 15) is 9.59 Å². The van der Waals surface area contributed by atoms with Gasteiger partial charge in [0.1, 0.15) is 13.2 Å². The van der Waals surface area contributed by atoms with Gasteiger partial charge in [-0.2, -0.15) is 0 Å². The maximum absolute atomic E-state index is 12.6. The number of hydrogen-bond donors (Lipinski definition) is 1. The zero-order valence-electron chi connectivity index (χ0n) is 17.3. The highest BCUT2D eigenvalue weighted by atomic mass is 32.2. The Labute approximate surface area is 188 Å². The average Bonchev–Trinajstić information content (AvgIpc) is 3.42. The highest BCUT2D eigenvalue weighted by Crippen LogP contribution is 2.35. The molecule has 1 aliphatic rings. The van der Waals surface area contributed by atoms with Crippen LogP contribution < -0.4 is 14.8 Å². The summed E-state index contributed by atoms with van der Waals surface area (Å²) >= 11 is 2.84. The molecule has 0 bridgehead atoms. The molecule has 1 N–H and O–H groups in total. The van der Waals surface area contributed by atoms with E-state index in [0.29, 0.717) is 30.4 Å². The standard InChI is InChI=1S/C22H23N3O4S2/c1-3-25-17(15-4-6-19-20(10-15)29-9-8-28-19)12-24-22(25)30-13-18(27)21-7-5-16(31-21)11-23-14(2)26/h4-7,10,12H,3,8-9,11,13H2,1-2H3,(H,23,26). The first-order valence-corrected chi connectivity index (χ1v) is 11.8. The van der Waals surface area contributed by atoms with Crippen LogP contribution in [0.4, 0.5) is 0 Å². The lowest BCUT2D eigenvalue weighted by Gasteiger charge is -2.19. The third-order valence-corrected chi connectivity index (χ3v) is 6.87. The lowest BCUT2D eigenvalue weighted by atomic mass is 10.1. The molecular weight excluding hydrogens is 434 g/mol. The number of rotatable bonds is 8. The molecule has 0 radical (unpaired) electrons. The monoisotopic (exact) mass is 457 g/mol. The van der Waals surface area contributed by atoms with Gasteiger partial charge in [-0.05, 0) is 37.3 Å². The molecule has 3 heterocycles. The number of carbonyl (C=O) groups excluding carboxylic acids is 2. The molecule has 0 unspecified atom stereocenters. The summed E-state index contributed by atoms with van der Waals surface area (Å²) < 4.78 is 13.4. The zero-order valence-corrected chi connectivity index (χ0v) is 19.0. The van der Waals surface area contributed by atoms with Gasteiger partial charge < -0.3 is 19.4 Å². The summed E-state index contributed by atoms with van der Waals surface area (Å²) in [7, 11) is 0. The molecule has 0 saturated heterocycles. The van der Waals surface area contributed by atoms with Gasteiger partial charge in [0.05, 0.1) is 29.1 Å². The number of aromatic nitrogens is 2. The second-order valence-electron chi connectivity index (χ2n) is 6.92. The van der Waals surface area contributed by atoms with Crippen LogP contribution in [0.15, 0.2) is 41.7 Å². The van der Waals surface area contributed by atoms with E-state index in [1.165, 1.54) is 30.0 Å². The van der Waals surface area contributed by atoms with Crippen molar-refractivity contribution in [1.29, 1.82) is 0 Å². The van der Waals surface area contributed by atoms with Gasteiger partial charge in [0, 0.05) is 23.9 Å². The molecule has 1 amide bonds. The minimum Gasteiger partial charge on any atom is -0.486 e. The van der Waals surface area contributed by atoms with Crippen LogP contribution in [0, 0.1) is 0 Å². The number of thioether (sulfide) groups is 1. The fraction of sp³-hybridized carbons (Fsp3) is 0.318. The predicted molar refractivity (Wildman–Crippen MR) is 121 cm³/mol. The third-order valence-electron chi connectivity index (χ3n) is 4.75. The van der Waals surface area contributed by atoms with Gasteiger partial charge in [-0.15, -0.1) is 11.3 Å². The Kier molecular flexibility index (Phi) is 6.62. The molecule has 9 heteroatoms. The van der Waals surface area contributed by atoms with Gasteiger partial charge in [0.15, 0.2) is 22.4 Å². The third kappa shape index (κ3) is 4.94. The number of ether oxygens (including phenoxy) is 2. The summed E-state index contributed by atoms with van der Waals surface area (Å²) in [6, 6.07) is 9.59. The van der Waals surface area contributed by atoms with E-state index < -0.39 is 0 Å².